The largest absolute Gasteiger partial charge is 0.496 e. The molecule has 0 aromatic heterocycles. The molecule has 21 heavy (non-hydrogen) atoms. The van der Waals surface area contributed by atoms with E-state index in [1.54, 1.807) is 7.11 Å². The van der Waals surface area contributed by atoms with E-state index in [2.05, 4.69) is 28.1 Å². The zero-order chi connectivity index (χ0) is 15.2. The number of ether oxygens (including phenoxy) is 2. The van der Waals surface area contributed by atoms with Crippen LogP contribution in [0.1, 0.15) is 25.3 Å². The second-order valence-electron chi connectivity index (χ2n) is 5.44. The molecule has 0 radical (unpaired) electrons. The van der Waals surface area contributed by atoms with Crippen LogP contribution in [0.25, 0.3) is 0 Å². The van der Waals surface area contributed by atoms with Gasteiger partial charge in [0.25, 0.3) is 0 Å². The van der Waals surface area contributed by atoms with Crippen molar-refractivity contribution in [2.45, 2.75) is 26.3 Å². The minimum absolute atomic E-state index is 0.0365. The summed E-state index contributed by atoms with van der Waals surface area (Å²) in [5, 5.41) is 0. The summed E-state index contributed by atoms with van der Waals surface area (Å²) in [5.41, 5.74) is 1.25. The summed E-state index contributed by atoms with van der Waals surface area (Å²) in [5.74, 6) is 0.859. The number of halogens is 1. The summed E-state index contributed by atoms with van der Waals surface area (Å²) in [6.45, 7) is 5.23. The first-order valence-corrected chi connectivity index (χ1v) is 8.26. The maximum atomic E-state index is 11.9. The molecule has 4 nitrogen and oxygen atoms in total. The molecule has 1 fully saturated rings. The van der Waals surface area contributed by atoms with Crippen molar-refractivity contribution in [3.8, 4) is 5.75 Å². The minimum atomic E-state index is -0.0365. The summed E-state index contributed by atoms with van der Waals surface area (Å²) in [6, 6.07) is 6.16. The molecule has 1 aromatic carbocycles. The number of likely N-dealkylation sites (tertiary alicyclic amines) is 1. The van der Waals surface area contributed by atoms with E-state index in [0.717, 1.165) is 42.7 Å². The van der Waals surface area contributed by atoms with Gasteiger partial charge in [0.1, 0.15) is 18.2 Å². The molecule has 1 saturated heterocycles. The van der Waals surface area contributed by atoms with Gasteiger partial charge in [-0.1, -0.05) is 0 Å². The molecule has 0 saturated carbocycles. The van der Waals surface area contributed by atoms with Crippen molar-refractivity contribution in [2.24, 2.45) is 5.92 Å². The second kappa shape index (κ2) is 7.80. The molecule has 1 N–H and O–H groups in total. The predicted molar refractivity (Wildman–Crippen MR) is 84.5 cm³/mol. The molecular formula is C16H23BrNO3+. The number of carbonyl (C=O) groups is 1. The Morgan fingerprint density at radius 1 is 1.48 bits per heavy atom. The number of carbonyl (C=O) groups excluding carboxylic acids is 1. The maximum absolute atomic E-state index is 11.9. The summed E-state index contributed by atoms with van der Waals surface area (Å²) in [4.78, 5) is 13.3. The number of hydrogen-bond donors (Lipinski definition) is 1. The Kier molecular flexibility index (Phi) is 6.06. The van der Waals surface area contributed by atoms with Crippen molar-refractivity contribution in [2.75, 3.05) is 26.8 Å². The van der Waals surface area contributed by atoms with Gasteiger partial charge in [-0.2, -0.15) is 0 Å². The van der Waals surface area contributed by atoms with E-state index in [-0.39, 0.29) is 11.9 Å². The van der Waals surface area contributed by atoms with E-state index in [1.807, 2.05) is 13.0 Å². The van der Waals surface area contributed by atoms with Gasteiger partial charge in [0.2, 0.25) is 0 Å². The second-order valence-corrected chi connectivity index (χ2v) is 6.30. The molecule has 1 aliphatic heterocycles. The molecule has 0 aliphatic carbocycles. The van der Waals surface area contributed by atoms with Gasteiger partial charge in [0.15, 0.2) is 0 Å². The van der Waals surface area contributed by atoms with Crippen molar-refractivity contribution >= 4 is 21.9 Å². The molecular weight excluding hydrogens is 334 g/mol. The Morgan fingerprint density at radius 2 is 2.29 bits per heavy atom. The first-order chi connectivity index (χ1) is 10.1. The zero-order valence-electron chi connectivity index (χ0n) is 12.7. The van der Waals surface area contributed by atoms with E-state index < -0.39 is 0 Å². The standard InChI is InChI=1S/C16H22BrNO3/c1-3-21-16(19)13-5-4-8-18(11-13)10-12-6-7-15(20-2)14(17)9-12/h6-7,9,13H,3-5,8,10-11H2,1-2H3/p+1/t13-/m0/s1. The van der Waals surface area contributed by atoms with Gasteiger partial charge in [0, 0.05) is 5.56 Å². The third-order valence-electron chi connectivity index (χ3n) is 3.91. The van der Waals surface area contributed by atoms with Gasteiger partial charge in [-0.15, -0.1) is 0 Å². The number of nitrogens with one attached hydrogen (secondary N) is 1. The lowest BCUT2D eigenvalue weighted by atomic mass is 9.97. The van der Waals surface area contributed by atoms with Crippen molar-refractivity contribution in [1.29, 1.82) is 0 Å². The van der Waals surface area contributed by atoms with Gasteiger partial charge in [-0.05, 0) is 53.9 Å². The molecule has 5 heteroatoms. The molecule has 0 bridgehead atoms. The number of methoxy groups -OCH3 is 1. The summed E-state index contributed by atoms with van der Waals surface area (Å²) in [7, 11) is 1.67. The number of benzene rings is 1. The molecule has 1 unspecified atom stereocenters. The van der Waals surface area contributed by atoms with Crippen LogP contribution in [-0.4, -0.2) is 32.8 Å². The fourth-order valence-electron chi connectivity index (χ4n) is 2.88. The van der Waals surface area contributed by atoms with Gasteiger partial charge in [-0.25, -0.2) is 0 Å². The predicted octanol–water partition coefficient (Wildman–Crippen LogP) is 1.82. The highest BCUT2D eigenvalue weighted by molar-refractivity contribution is 9.10. The van der Waals surface area contributed by atoms with Crippen LogP contribution in [0.5, 0.6) is 5.75 Å². The highest BCUT2D eigenvalue weighted by Crippen LogP contribution is 2.25. The van der Waals surface area contributed by atoms with Gasteiger partial charge in [0.05, 0.1) is 31.3 Å². The number of esters is 1. The first-order valence-electron chi connectivity index (χ1n) is 7.46. The molecule has 0 spiro atoms. The van der Waals surface area contributed by atoms with Crippen LogP contribution in [0.2, 0.25) is 0 Å². The van der Waals surface area contributed by atoms with Crippen LogP contribution in [0, 0.1) is 5.92 Å². The molecule has 1 aliphatic rings. The smallest absolute Gasteiger partial charge is 0.314 e. The Labute approximate surface area is 134 Å². The van der Waals surface area contributed by atoms with Crippen molar-refractivity contribution < 1.29 is 19.2 Å². The first kappa shape index (κ1) is 16.3. The quantitative estimate of drug-likeness (QED) is 0.818. The van der Waals surface area contributed by atoms with Crippen LogP contribution >= 0.6 is 15.9 Å². The highest BCUT2D eigenvalue weighted by Gasteiger charge is 2.29. The molecule has 2 rings (SSSR count). The lowest BCUT2D eigenvalue weighted by Gasteiger charge is -2.28. The number of rotatable bonds is 5. The van der Waals surface area contributed by atoms with E-state index >= 15 is 0 Å². The van der Waals surface area contributed by atoms with Gasteiger partial charge < -0.3 is 14.4 Å². The number of quaternary nitrogens is 1. The lowest BCUT2D eigenvalue weighted by Crippen LogP contribution is -3.12. The highest BCUT2D eigenvalue weighted by atomic mass is 79.9. The van der Waals surface area contributed by atoms with Crippen LogP contribution in [-0.2, 0) is 16.1 Å². The maximum Gasteiger partial charge on any atom is 0.314 e. The third kappa shape index (κ3) is 4.45. The molecule has 116 valence electrons. The summed E-state index contributed by atoms with van der Waals surface area (Å²) >= 11 is 3.52. The number of piperidine rings is 1. The Morgan fingerprint density at radius 3 is 2.95 bits per heavy atom. The Bertz CT molecular complexity index is 492. The summed E-state index contributed by atoms with van der Waals surface area (Å²) < 4.78 is 11.4. The minimum Gasteiger partial charge on any atom is -0.496 e. The normalized spacial score (nSPS) is 21.9. The van der Waals surface area contributed by atoms with Crippen molar-refractivity contribution in [3.05, 3.63) is 28.2 Å². The van der Waals surface area contributed by atoms with Crippen LogP contribution in [0.3, 0.4) is 0 Å². The monoisotopic (exact) mass is 356 g/mol. The van der Waals surface area contributed by atoms with Crippen LogP contribution < -0.4 is 9.64 Å². The van der Waals surface area contributed by atoms with Crippen molar-refractivity contribution in [1.82, 2.24) is 0 Å². The summed E-state index contributed by atoms with van der Waals surface area (Å²) in [6.07, 6.45) is 2.03. The van der Waals surface area contributed by atoms with Gasteiger partial charge in [-0.3, -0.25) is 4.79 Å². The SMILES string of the molecule is CCOC(=O)[C@H]1CCC[NH+](Cc2ccc(OC)c(Br)c2)C1. The van der Waals surface area contributed by atoms with E-state index in [0.29, 0.717) is 6.61 Å². The average Bonchev–Trinajstić information content (AvgIpc) is 2.48. The Balaban J connectivity index is 1.96. The topological polar surface area (TPSA) is 40.0 Å². The third-order valence-corrected chi connectivity index (χ3v) is 4.53. The van der Waals surface area contributed by atoms with Crippen LogP contribution in [0.4, 0.5) is 0 Å². The fourth-order valence-corrected chi connectivity index (χ4v) is 3.47. The average molecular weight is 357 g/mol. The van der Waals surface area contributed by atoms with E-state index in [1.165, 1.54) is 10.5 Å². The zero-order valence-corrected chi connectivity index (χ0v) is 14.2. The Hall–Kier alpha value is -1.07. The molecule has 1 aromatic rings. The van der Waals surface area contributed by atoms with Crippen molar-refractivity contribution in [3.63, 3.8) is 0 Å². The lowest BCUT2D eigenvalue weighted by molar-refractivity contribution is -0.921. The molecule has 0 amide bonds. The van der Waals surface area contributed by atoms with E-state index in [4.69, 9.17) is 9.47 Å². The van der Waals surface area contributed by atoms with Gasteiger partial charge >= 0.3 is 5.97 Å². The molecule has 2 atom stereocenters. The molecule has 1 heterocycles. The fraction of sp³-hybridized carbons (Fsp3) is 0.562. The number of hydrogen-bond acceptors (Lipinski definition) is 3. The van der Waals surface area contributed by atoms with E-state index in [9.17, 15) is 4.79 Å². The van der Waals surface area contributed by atoms with Crippen LogP contribution in [0.15, 0.2) is 22.7 Å².